The maximum atomic E-state index is 14.4. The van der Waals surface area contributed by atoms with E-state index in [1.165, 1.54) is 19.2 Å². The van der Waals surface area contributed by atoms with Gasteiger partial charge in [-0.1, -0.05) is 0 Å². The van der Waals surface area contributed by atoms with Gasteiger partial charge >= 0.3 is 0 Å². The second-order valence-corrected chi connectivity index (χ2v) is 8.88. The lowest BCUT2D eigenvalue weighted by Crippen LogP contribution is -2.21. The summed E-state index contributed by atoms with van der Waals surface area (Å²) in [5, 5.41) is 4.00. The number of fused-ring (bicyclic) bond motifs is 1. The molecule has 8 nitrogen and oxygen atoms in total. The van der Waals surface area contributed by atoms with Crippen molar-refractivity contribution in [1.82, 2.24) is 14.9 Å². The van der Waals surface area contributed by atoms with Gasteiger partial charge < -0.3 is 30.2 Å². The summed E-state index contributed by atoms with van der Waals surface area (Å²) in [6, 6.07) is 8.04. The van der Waals surface area contributed by atoms with Crippen LogP contribution >= 0.6 is 0 Å². The molecule has 0 amide bonds. The highest BCUT2D eigenvalue weighted by molar-refractivity contribution is 5.91. The van der Waals surface area contributed by atoms with Gasteiger partial charge in [-0.2, -0.15) is 8.78 Å². The van der Waals surface area contributed by atoms with E-state index in [0.717, 1.165) is 24.9 Å². The summed E-state index contributed by atoms with van der Waals surface area (Å²) >= 11 is 0. The highest BCUT2D eigenvalue weighted by Crippen LogP contribution is 2.36. The molecule has 0 radical (unpaired) electrons. The van der Waals surface area contributed by atoms with Gasteiger partial charge in [0.05, 0.1) is 12.6 Å². The summed E-state index contributed by atoms with van der Waals surface area (Å²) in [4.78, 5) is 11.3. The van der Waals surface area contributed by atoms with Crippen LogP contribution in [0.15, 0.2) is 30.3 Å². The number of likely N-dealkylation sites (N-methyl/N-ethyl adjacent to an activating group) is 1. The number of benzene rings is 2. The van der Waals surface area contributed by atoms with Crippen LogP contribution in [0.25, 0.3) is 10.9 Å². The van der Waals surface area contributed by atoms with Crippen LogP contribution in [0.3, 0.4) is 0 Å². The van der Waals surface area contributed by atoms with Crippen molar-refractivity contribution < 1.29 is 23.0 Å². The lowest BCUT2D eigenvalue weighted by Gasteiger charge is -2.19. The number of hydrogen-bond donors (Lipinski definition) is 2. The predicted molar refractivity (Wildman–Crippen MR) is 131 cm³/mol. The van der Waals surface area contributed by atoms with E-state index in [2.05, 4.69) is 32.0 Å². The Morgan fingerprint density at radius 3 is 2.63 bits per heavy atom. The van der Waals surface area contributed by atoms with E-state index in [4.69, 9.17) is 15.2 Å². The van der Waals surface area contributed by atoms with Crippen molar-refractivity contribution in [1.29, 1.82) is 0 Å². The standard InChI is InChI=1S/C25H31F2N5O3/c1-15-30-21-11-22(34-4)23(35-19-5-6-32(2)13-19)10-20(21)24(31-15)29-12-16-7-17(9-18(28)8-16)25(26,27)14-33-3/h7-11,19H,5-6,12-14,28H2,1-4H3,(H,29,30,31). The van der Waals surface area contributed by atoms with Crippen molar-refractivity contribution in [2.75, 3.05) is 52.0 Å². The maximum Gasteiger partial charge on any atom is 0.296 e. The molecule has 1 atom stereocenters. The molecule has 1 saturated heterocycles. The topological polar surface area (TPSA) is 94.8 Å². The Balaban J connectivity index is 1.64. The van der Waals surface area contributed by atoms with Crippen molar-refractivity contribution in [2.45, 2.75) is 31.9 Å². The minimum atomic E-state index is -3.14. The molecule has 4 rings (SSSR count). The van der Waals surface area contributed by atoms with Gasteiger partial charge in [-0.3, -0.25) is 0 Å². The van der Waals surface area contributed by atoms with Gasteiger partial charge in [0, 0.05) is 49.4 Å². The van der Waals surface area contributed by atoms with Crippen LogP contribution in [0.1, 0.15) is 23.4 Å². The minimum Gasteiger partial charge on any atom is -0.493 e. The van der Waals surface area contributed by atoms with Gasteiger partial charge in [-0.15, -0.1) is 0 Å². The zero-order chi connectivity index (χ0) is 25.2. The molecule has 35 heavy (non-hydrogen) atoms. The first kappa shape index (κ1) is 24.9. The zero-order valence-corrected chi connectivity index (χ0v) is 20.4. The van der Waals surface area contributed by atoms with Crippen LogP contribution in [0, 0.1) is 6.92 Å². The summed E-state index contributed by atoms with van der Waals surface area (Å²) in [6.07, 6.45) is 0.993. The fourth-order valence-electron chi connectivity index (χ4n) is 4.29. The van der Waals surface area contributed by atoms with Crippen LogP contribution in [-0.4, -0.2) is 61.9 Å². The molecule has 0 aliphatic carbocycles. The van der Waals surface area contributed by atoms with E-state index in [-0.39, 0.29) is 23.9 Å². The van der Waals surface area contributed by atoms with Crippen LogP contribution in [-0.2, 0) is 17.2 Å². The number of aromatic nitrogens is 2. The fraction of sp³-hybridized carbons (Fsp3) is 0.440. The summed E-state index contributed by atoms with van der Waals surface area (Å²) in [7, 11) is 4.90. The number of aryl methyl sites for hydroxylation is 1. The van der Waals surface area contributed by atoms with Gasteiger partial charge in [0.25, 0.3) is 5.92 Å². The second kappa shape index (κ2) is 10.2. The van der Waals surface area contributed by atoms with Crippen molar-refractivity contribution >= 4 is 22.4 Å². The molecule has 0 saturated carbocycles. The number of rotatable bonds is 9. The SMILES string of the molecule is COCC(F)(F)c1cc(N)cc(CNc2nc(C)nc3cc(OC)c(OC4CCN(C)C4)cc23)c1. The molecule has 188 valence electrons. The number of alkyl halides is 2. The second-order valence-electron chi connectivity index (χ2n) is 8.88. The number of nitrogen functional groups attached to an aromatic ring is 1. The number of ether oxygens (including phenoxy) is 3. The van der Waals surface area contributed by atoms with Crippen molar-refractivity contribution in [3.05, 3.63) is 47.3 Å². The number of nitrogens with one attached hydrogen (secondary N) is 1. The first-order valence-corrected chi connectivity index (χ1v) is 11.4. The van der Waals surface area contributed by atoms with Gasteiger partial charge in [0.15, 0.2) is 11.5 Å². The van der Waals surface area contributed by atoms with Gasteiger partial charge in [0.2, 0.25) is 0 Å². The Kier molecular flexibility index (Phi) is 7.23. The fourth-order valence-corrected chi connectivity index (χ4v) is 4.29. The molecule has 1 aliphatic heterocycles. The van der Waals surface area contributed by atoms with E-state index in [9.17, 15) is 8.78 Å². The van der Waals surface area contributed by atoms with E-state index in [0.29, 0.717) is 34.2 Å². The van der Waals surface area contributed by atoms with Crippen LogP contribution in [0.4, 0.5) is 20.3 Å². The van der Waals surface area contributed by atoms with Crippen LogP contribution < -0.4 is 20.5 Å². The summed E-state index contributed by atoms with van der Waals surface area (Å²) in [5.41, 5.74) is 7.26. The lowest BCUT2D eigenvalue weighted by molar-refractivity contribution is -0.0697. The number of methoxy groups -OCH3 is 2. The first-order valence-electron chi connectivity index (χ1n) is 11.4. The maximum absolute atomic E-state index is 14.4. The van der Waals surface area contributed by atoms with Crippen molar-refractivity contribution in [3.63, 3.8) is 0 Å². The Bertz CT molecular complexity index is 1210. The third kappa shape index (κ3) is 5.71. The van der Waals surface area contributed by atoms with Crippen LogP contribution in [0.5, 0.6) is 11.5 Å². The molecule has 10 heteroatoms. The summed E-state index contributed by atoms with van der Waals surface area (Å²) < 4.78 is 45.3. The average Bonchev–Trinajstić information content (AvgIpc) is 3.21. The van der Waals surface area contributed by atoms with E-state index < -0.39 is 12.5 Å². The molecule has 3 N–H and O–H groups in total. The summed E-state index contributed by atoms with van der Waals surface area (Å²) in [5.74, 6) is -0.809. The molecular formula is C25H31F2N5O3. The van der Waals surface area contributed by atoms with E-state index >= 15 is 0 Å². The van der Waals surface area contributed by atoms with E-state index in [1.807, 2.05) is 12.1 Å². The Labute approximate surface area is 203 Å². The monoisotopic (exact) mass is 487 g/mol. The Hall–Kier alpha value is -3.24. The minimum absolute atomic E-state index is 0.0635. The molecule has 2 heterocycles. The van der Waals surface area contributed by atoms with Gasteiger partial charge in [-0.25, -0.2) is 9.97 Å². The normalized spacial score (nSPS) is 16.6. The largest absolute Gasteiger partial charge is 0.493 e. The molecule has 0 bridgehead atoms. The number of likely N-dealkylation sites (tertiary alicyclic amines) is 1. The van der Waals surface area contributed by atoms with Gasteiger partial charge in [-0.05, 0) is 50.2 Å². The highest BCUT2D eigenvalue weighted by atomic mass is 19.3. The average molecular weight is 488 g/mol. The summed E-state index contributed by atoms with van der Waals surface area (Å²) in [6.45, 7) is 3.12. The molecule has 1 fully saturated rings. The van der Waals surface area contributed by atoms with Crippen molar-refractivity contribution in [3.8, 4) is 11.5 Å². The molecule has 1 unspecified atom stereocenters. The number of halogens is 2. The molecular weight excluding hydrogens is 456 g/mol. The lowest BCUT2D eigenvalue weighted by atomic mass is 10.0. The zero-order valence-electron chi connectivity index (χ0n) is 20.4. The molecule has 1 aromatic heterocycles. The number of nitrogens with two attached hydrogens (primary N) is 1. The molecule has 3 aromatic rings. The quantitative estimate of drug-likeness (QED) is 0.438. The van der Waals surface area contributed by atoms with E-state index in [1.54, 1.807) is 20.1 Å². The number of anilines is 2. The number of hydrogen-bond acceptors (Lipinski definition) is 8. The molecule has 0 spiro atoms. The molecule has 2 aromatic carbocycles. The number of nitrogens with zero attached hydrogens (tertiary/aromatic N) is 3. The van der Waals surface area contributed by atoms with Gasteiger partial charge in [0.1, 0.15) is 24.4 Å². The smallest absolute Gasteiger partial charge is 0.296 e. The third-order valence-electron chi connectivity index (χ3n) is 5.96. The van der Waals surface area contributed by atoms with Crippen molar-refractivity contribution in [2.24, 2.45) is 0 Å². The Morgan fingerprint density at radius 1 is 1.14 bits per heavy atom. The molecule has 1 aliphatic rings. The third-order valence-corrected chi connectivity index (χ3v) is 5.96. The first-order chi connectivity index (χ1) is 16.7. The highest BCUT2D eigenvalue weighted by Gasteiger charge is 2.32. The van der Waals surface area contributed by atoms with Crippen LogP contribution in [0.2, 0.25) is 0 Å². The Morgan fingerprint density at radius 2 is 1.94 bits per heavy atom. The predicted octanol–water partition coefficient (Wildman–Crippen LogP) is 3.96.